The van der Waals surface area contributed by atoms with Crippen molar-refractivity contribution in [2.24, 2.45) is 0 Å². The van der Waals surface area contributed by atoms with Crippen LogP contribution in [0, 0.1) is 20.8 Å². The summed E-state index contributed by atoms with van der Waals surface area (Å²) in [4.78, 5) is 17.0. The molecule has 3 heteroatoms. The number of ketones is 1. The molecule has 3 rings (SSSR count). The molecular weight excluding hydrogens is 274 g/mol. The molecule has 0 aliphatic heterocycles. The second kappa shape index (κ2) is 5.26. The smallest absolute Gasteiger partial charge is 0.196 e. The number of carbonyl (C=O) groups excluding carboxylic acids is 1. The summed E-state index contributed by atoms with van der Waals surface area (Å²) in [6, 6.07) is 10.7. The molecule has 0 spiro atoms. The first-order valence-electron chi connectivity index (χ1n) is 7.19. The van der Waals surface area contributed by atoms with Gasteiger partial charge in [0.15, 0.2) is 11.5 Å². The van der Waals surface area contributed by atoms with Crippen molar-refractivity contribution in [1.82, 2.24) is 4.98 Å². The monoisotopic (exact) mass is 291 g/mol. The van der Waals surface area contributed by atoms with E-state index in [1.54, 1.807) is 24.4 Å². The van der Waals surface area contributed by atoms with Crippen LogP contribution in [0.4, 0.5) is 0 Å². The molecule has 0 saturated carbocycles. The lowest BCUT2D eigenvalue weighted by Crippen LogP contribution is -2.04. The van der Waals surface area contributed by atoms with Crippen molar-refractivity contribution in [2.75, 3.05) is 0 Å². The maximum absolute atomic E-state index is 12.6. The number of aromatic nitrogens is 1. The van der Waals surface area contributed by atoms with Gasteiger partial charge in [0.05, 0.1) is 5.56 Å². The number of aromatic hydroxyl groups is 1. The fourth-order valence-corrected chi connectivity index (χ4v) is 2.76. The van der Waals surface area contributed by atoms with Gasteiger partial charge in [-0.2, -0.15) is 0 Å². The zero-order valence-corrected chi connectivity index (χ0v) is 12.8. The second-order valence-electron chi connectivity index (χ2n) is 5.57. The van der Waals surface area contributed by atoms with Crippen LogP contribution in [0.1, 0.15) is 32.6 Å². The molecule has 1 N–H and O–H groups in total. The molecular formula is C19H17NO2. The molecule has 0 atom stereocenters. The fourth-order valence-electron chi connectivity index (χ4n) is 2.76. The summed E-state index contributed by atoms with van der Waals surface area (Å²) in [5.74, 6) is -0.235. The molecule has 110 valence electrons. The molecule has 2 aromatic carbocycles. The normalized spacial score (nSPS) is 10.9. The quantitative estimate of drug-likeness (QED) is 0.723. The highest BCUT2D eigenvalue weighted by molar-refractivity contribution is 6.13. The Bertz CT molecular complexity index is 883. The van der Waals surface area contributed by atoms with Crippen LogP contribution in [-0.2, 0) is 0 Å². The first kappa shape index (κ1) is 14.3. The van der Waals surface area contributed by atoms with Gasteiger partial charge in [-0.3, -0.25) is 9.78 Å². The van der Waals surface area contributed by atoms with E-state index in [2.05, 4.69) is 4.98 Å². The van der Waals surface area contributed by atoms with E-state index in [0.717, 1.165) is 22.1 Å². The average Bonchev–Trinajstić information content (AvgIpc) is 2.53. The molecule has 0 radical (unpaired) electrons. The lowest BCUT2D eigenvalue weighted by atomic mass is 9.94. The third-order valence-electron chi connectivity index (χ3n) is 4.11. The molecule has 22 heavy (non-hydrogen) atoms. The summed E-state index contributed by atoms with van der Waals surface area (Å²) in [6.45, 7) is 5.93. The number of fused-ring (bicyclic) bond motifs is 1. The molecule has 3 nitrogen and oxygen atoms in total. The molecule has 0 aliphatic carbocycles. The van der Waals surface area contributed by atoms with Gasteiger partial charge < -0.3 is 5.11 Å². The van der Waals surface area contributed by atoms with Gasteiger partial charge in [0.2, 0.25) is 0 Å². The van der Waals surface area contributed by atoms with Crippen molar-refractivity contribution in [3.8, 4) is 5.75 Å². The third-order valence-corrected chi connectivity index (χ3v) is 4.11. The molecule has 0 bridgehead atoms. The topological polar surface area (TPSA) is 50.2 Å². The average molecular weight is 291 g/mol. The molecule has 3 aromatic rings. The number of hydrogen-bond donors (Lipinski definition) is 1. The van der Waals surface area contributed by atoms with Crippen molar-refractivity contribution in [1.29, 1.82) is 0 Å². The second-order valence-corrected chi connectivity index (χ2v) is 5.57. The minimum Gasteiger partial charge on any atom is -0.505 e. The highest BCUT2D eigenvalue weighted by Gasteiger charge is 2.19. The van der Waals surface area contributed by atoms with Crippen molar-refractivity contribution in [3.05, 3.63) is 70.4 Å². The van der Waals surface area contributed by atoms with Crippen LogP contribution in [0.2, 0.25) is 0 Å². The Hall–Kier alpha value is -2.68. The number of benzene rings is 2. The van der Waals surface area contributed by atoms with Crippen molar-refractivity contribution in [2.45, 2.75) is 20.8 Å². The van der Waals surface area contributed by atoms with Gasteiger partial charge in [0.25, 0.3) is 0 Å². The van der Waals surface area contributed by atoms with Gasteiger partial charge in [-0.25, -0.2) is 0 Å². The van der Waals surface area contributed by atoms with Crippen LogP contribution in [-0.4, -0.2) is 15.9 Å². The van der Waals surface area contributed by atoms with Gasteiger partial charge >= 0.3 is 0 Å². The Balaban J connectivity index is 2.27. The first-order chi connectivity index (χ1) is 10.5. The Morgan fingerprint density at radius 3 is 2.41 bits per heavy atom. The zero-order valence-electron chi connectivity index (χ0n) is 12.8. The number of rotatable bonds is 2. The van der Waals surface area contributed by atoms with Crippen molar-refractivity contribution >= 4 is 16.7 Å². The third kappa shape index (κ3) is 2.15. The Morgan fingerprint density at radius 1 is 1.05 bits per heavy atom. The number of aryl methyl sites for hydroxylation is 3. The van der Waals surface area contributed by atoms with Crippen LogP contribution >= 0.6 is 0 Å². The minimum atomic E-state index is -0.192. The van der Waals surface area contributed by atoms with E-state index in [1.807, 2.05) is 39.0 Å². The number of hydrogen-bond acceptors (Lipinski definition) is 3. The van der Waals surface area contributed by atoms with Gasteiger partial charge in [-0.15, -0.1) is 0 Å². The molecule has 1 heterocycles. The fraction of sp³-hybridized carbons (Fsp3) is 0.158. The van der Waals surface area contributed by atoms with E-state index in [4.69, 9.17) is 0 Å². The van der Waals surface area contributed by atoms with Crippen LogP contribution in [0.15, 0.2) is 42.6 Å². The van der Waals surface area contributed by atoms with Crippen LogP contribution in [0.3, 0.4) is 0 Å². The van der Waals surface area contributed by atoms with Crippen molar-refractivity contribution in [3.63, 3.8) is 0 Å². The summed E-state index contributed by atoms with van der Waals surface area (Å²) in [7, 11) is 0. The van der Waals surface area contributed by atoms with Crippen molar-refractivity contribution < 1.29 is 9.90 Å². The lowest BCUT2D eigenvalue weighted by Gasteiger charge is -2.13. The first-order valence-corrected chi connectivity index (χ1v) is 7.19. The van der Waals surface area contributed by atoms with Gasteiger partial charge in [-0.1, -0.05) is 30.3 Å². The van der Waals surface area contributed by atoms with E-state index in [0.29, 0.717) is 16.6 Å². The predicted molar refractivity (Wildman–Crippen MR) is 87.5 cm³/mol. The van der Waals surface area contributed by atoms with E-state index in [-0.39, 0.29) is 11.5 Å². The van der Waals surface area contributed by atoms with E-state index in [1.165, 1.54) is 0 Å². The Labute approximate surface area is 129 Å². The van der Waals surface area contributed by atoms with Gasteiger partial charge in [0.1, 0.15) is 5.52 Å². The standard InChI is InChI=1S/C19H17NO2/c1-11-9-15(18(21)14-7-5-4-6-8-14)19(22)17-16(11)13(3)12(2)10-20-17/h4-10,22H,1-3H3. The summed E-state index contributed by atoms with van der Waals surface area (Å²) in [5, 5.41) is 11.5. The van der Waals surface area contributed by atoms with E-state index >= 15 is 0 Å². The number of carbonyl (C=O) groups is 1. The molecule has 0 aliphatic rings. The molecule has 0 unspecified atom stereocenters. The molecule has 0 saturated heterocycles. The maximum Gasteiger partial charge on any atom is 0.196 e. The highest BCUT2D eigenvalue weighted by atomic mass is 16.3. The summed E-state index contributed by atoms with van der Waals surface area (Å²) in [6.07, 6.45) is 1.73. The molecule has 1 aromatic heterocycles. The SMILES string of the molecule is Cc1cnc2c(O)c(C(=O)c3ccccc3)cc(C)c2c1C. The highest BCUT2D eigenvalue weighted by Crippen LogP contribution is 2.34. The van der Waals surface area contributed by atoms with Crippen LogP contribution < -0.4 is 0 Å². The molecule has 0 amide bonds. The number of phenolic OH excluding ortho intramolecular Hbond substituents is 1. The summed E-state index contributed by atoms with van der Waals surface area (Å²) < 4.78 is 0. The van der Waals surface area contributed by atoms with E-state index < -0.39 is 0 Å². The molecule has 0 fully saturated rings. The summed E-state index contributed by atoms with van der Waals surface area (Å²) >= 11 is 0. The van der Waals surface area contributed by atoms with Gasteiger partial charge in [0, 0.05) is 17.1 Å². The largest absolute Gasteiger partial charge is 0.505 e. The summed E-state index contributed by atoms with van der Waals surface area (Å²) in [5.41, 5.74) is 4.43. The van der Waals surface area contributed by atoms with E-state index in [9.17, 15) is 9.90 Å². The number of pyridine rings is 1. The predicted octanol–water partition coefficient (Wildman–Crippen LogP) is 4.10. The number of phenols is 1. The Kier molecular flexibility index (Phi) is 3.41. The minimum absolute atomic E-state index is 0.0439. The van der Waals surface area contributed by atoms with Crippen LogP contribution in [0.25, 0.3) is 10.9 Å². The zero-order chi connectivity index (χ0) is 15.9. The lowest BCUT2D eigenvalue weighted by molar-refractivity contribution is 0.103. The maximum atomic E-state index is 12.6. The van der Waals surface area contributed by atoms with Gasteiger partial charge in [-0.05, 0) is 43.5 Å². The Morgan fingerprint density at radius 2 is 1.73 bits per heavy atom. The van der Waals surface area contributed by atoms with Crippen LogP contribution in [0.5, 0.6) is 5.75 Å². The number of nitrogens with zero attached hydrogens (tertiary/aromatic N) is 1.